The molecular formula is C22H23ClN4O3. The molecule has 8 heteroatoms. The Balaban J connectivity index is 1.67. The highest BCUT2D eigenvalue weighted by Gasteiger charge is 2.28. The molecule has 2 heterocycles. The molecule has 2 aromatic carbocycles. The molecule has 7 nitrogen and oxygen atoms in total. The number of aryl methyl sites for hydroxylation is 1. The maximum absolute atomic E-state index is 10.8. The number of carbonyl (C=O) groups excluding carboxylic acids is 1. The minimum atomic E-state index is -0.00513. The van der Waals surface area contributed by atoms with Crippen molar-refractivity contribution in [2.45, 2.75) is 19.6 Å². The van der Waals surface area contributed by atoms with Gasteiger partial charge in [-0.25, -0.2) is 0 Å². The van der Waals surface area contributed by atoms with Crippen molar-refractivity contribution in [3.8, 4) is 28.7 Å². The third-order valence-corrected chi connectivity index (χ3v) is 5.25. The zero-order chi connectivity index (χ0) is 21.3. The molecule has 1 amide bonds. The van der Waals surface area contributed by atoms with Crippen LogP contribution in [0.15, 0.2) is 40.8 Å². The molecule has 0 N–H and O–H groups in total. The SMILES string of the molecule is Cc1cc(OC2CN(C=O)C2)cc(-c2nnc(-c3ccc(Cl)cc3)o2)c1CN(C)C. The molecule has 156 valence electrons. The van der Waals surface area contributed by atoms with Gasteiger partial charge in [-0.15, -0.1) is 10.2 Å². The lowest BCUT2D eigenvalue weighted by Crippen LogP contribution is -2.52. The smallest absolute Gasteiger partial charge is 0.248 e. The Morgan fingerprint density at radius 2 is 1.90 bits per heavy atom. The average molecular weight is 427 g/mol. The summed E-state index contributed by atoms with van der Waals surface area (Å²) in [6.07, 6.45) is 0.836. The van der Waals surface area contributed by atoms with Crippen LogP contribution in [-0.4, -0.2) is 59.7 Å². The van der Waals surface area contributed by atoms with Gasteiger partial charge in [0.2, 0.25) is 18.2 Å². The Kier molecular flexibility index (Phi) is 5.74. The lowest BCUT2D eigenvalue weighted by atomic mass is 10.0. The Bertz CT molecular complexity index is 1040. The van der Waals surface area contributed by atoms with Gasteiger partial charge in [0.05, 0.1) is 13.1 Å². The highest BCUT2D eigenvalue weighted by molar-refractivity contribution is 6.30. The average Bonchev–Trinajstić information content (AvgIpc) is 3.16. The van der Waals surface area contributed by atoms with Crippen LogP contribution in [0.25, 0.3) is 22.9 Å². The minimum Gasteiger partial charge on any atom is -0.487 e. The van der Waals surface area contributed by atoms with E-state index in [9.17, 15) is 4.79 Å². The Morgan fingerprint density at radius 1 is 1.20 bits per heavy atom. The van der Waals surface area contributed by atoms with E-state index in [-0.39, 0.29) is 6.10 Å². The van der Waals surface area contributed by atoms with Crippen LogP contribution in [0.1, 0.15) is 11.1 Å². The van der Waals surface area contributed by atoms with Gasteiger partial charge >= 0.3 is 0 Å². The molecule has 0 atom stereocenters. The summed E-state index contributed by atoms with van der Waals surface area (Å²) in [6.45, 7) is 3.96. The van der Waals surface area contributed by atoms with Crippen LogP contribution in [0.2, 0.25) is 5.02 Å². The maximum atomic E-state index is 10.8. The first-order valence-corrected chi connectivity index (χ1v) is 10.0. The summed E-state index contributed by atoms with van der Waals surface area (Å²) >= 11 is 5.97. The van der Waals surface area contributed by atoms with E-state index < -0.39 is 0 Å². The normalized spacial score (nSPS) is 14.1. The van der Waals surface area contributed by atoms with Crippen molar-refractivity contribution in [2.75, 3.05) is 27.2 Å². The van der Waals surface area contributed by atoms with Crippen LogP contribution in [0.3, 0.4) is 0 Å². The summed E-state index contributed by atoms with van der Waals surface area (Å²) in [5, 5.41) is 9.17. The second-order valence-electron chi connectivity index (χ2n) is 7.72. The van der Waals surface area contributed by atoms with Crippen molar-refractivity contribution >= 4 is 18.0 Å². The van der Waals surface area contributed by atoms with Crippen molar-refractivity contribution in [2.24, 2.45) is 0 Å². The van der Waals surface area contributed by atoms with Gasteiger partial charge in [-0.1, -0.05) is 11.6 Å². The zero-order valence-electron chi connectivity index (χ0n) is 17.1. The number of nitrogens with zero attached hydrogens (tertiary/aromatic N) is 4. The topological polar surface area (TPSA) is 71.7 Å². The van der Waals surface area contributed by atoms with Crippen molar-refractivity contribution in [1.82, 2.24) is 20.0 Å². The largest absolute Gasteiger partial charge is 0.487 e. The van der Waals surface area contributed by atoms with Gasteiger partial charge < -0.3 is 19.0 Å². The van der Waals surface area contributed by atoms with Crippen LogP contribution in [-0.2, 0) is 11.3 Å². The summed E-state index contributed by atoms with van der Waals surface area (Å²) in [7, 11) is 4.03. The van der Waals surface area contributed by atoms with E-state index in [1.807, 2.05) is 45.3 Å². The molecule has 0 spiro atoms. The fourth-order valence-corrected chi connectivity index (χ4v) is 3.56. The number of aromatic nitrogens is 2. The summed E-state index contributed by atoms with van der Waals surface area (Å²) in [5.74, 6) is 1.60. The Hall–Kier alpha value is -2.90. The van der Waals surface area contributed by atoms with Gasteiger partial charge in [-0.05, 0) is 68.5 Å². The molecule has 0 saturated carbocycles. The number of benzene rings is 2. The van der Waals surface area contributed by atoms with Gasteiger partial charge in [0, 0.05) is 22.7 Å². The number of likely N-dealkylation sites (tertiary alicyclic amines) is 1. The van der Waals surface area contributed by atoms with Crippen LogP contribution >= 0.6 is 11.6 Å². The Morgan fingerprint density at radius 3 is 2.57 bits per heavy atom. The highest BCUT2D eigenvalue weighted by atomic mass is 35.5. The van der Waals surface area contributed by atoms with Gasteiger partial charge in [0.25, 0.3) is 0 Å². The molecule has 3 aromatic rings. The van der Waals surface area contributed by atoms with Crippen LogP contribution in [0.5, 0.6) is 5.75 Å². The summed E-state index contributed by atoms with van der Waals surface area (Å²) in [5.41, 5.74) is 3.83. The number of rotatable bonds is 7. The summed E-state index contributed by atoms with van der Waals surface area (Å²) in [4.78, 5) is 14.6. The molecule has 4 rings (SSSR count). The molecule has 1 aromatic heterocycles. The molecule has 0 radical (unpaired) electrons. The molecular weight excluding hydrogens is 404 g/mol. The van der Waals surface area contributed by atoms with Gasteiger partial charge in [0.15, 0.2) is 0 Å². The number of hydrogen-bond donors (Lipinski definition) is 0. The number of halogens is 1. The van der Waals surface area contributed by atoms with Crippen LogP contribution in [0.4, 0.5) is 0 Å². The molecule has 0 bridgehead atoms. The number of amides is 1. The predicted molar refractivity (Wildman–Crippen MR) is 114 cm³/mol. The standard InChI is InChI=1S/C22H23ClN4O3/c1-14-8-17(29-18-10-27(11-18)13-28)9-19(20(14)12-26(2)3)22-25-24-21(30-22)15-4-6-16(23)7-5-15/h4-9,13,18H,10-12H2,1-3H3. The van der Waals surface area contributed by atoms with E-state index in [0.717, 1.165) is 41.0 Å². The number of ether oxygens (including phenoxy) is 1. The third kappa shape index (κ3) is 4.32. The van der Waals surface area contributed by atoms with Gasteiger partial charge in [-0.2, -0.15) is 0 Å². The van der Waals surface area contributed by atoms with E-state index in [4.69, 9.17) is 20.8 Å². The van der Waals surface area contributed by atoms with Crippen molar-refractivity contribution < 1.29 is 13.9 Å². The maximum Gasteiger partial charge on any atom is 0.248 e. The number of hydrogen-bond acceptors (Lipinski definition) is 6. The first-order valence-electron chi connectivity index (χ1n) is 9.67. The lowest BCUT2D eigenvalue weighted by Gasteiger charge is -2.36. The lowest BCUT2D eigenvalue weighted by molar-refractivity contribution is -0.126. The van der Waals surface area contributed by atoms with Crippen molar-refractivity contribution in [3.63, 3.8) is 0 Å². The molecule has 30 heavy (non-hydrogen) atoms. The fraction of sp³-hybridized carbons (Fsp3) is 0.318. The second kappa shape index (κ2) is 8.45. The van der Waals surface area contributed by atoms with E-state index in [0.29, 0.717) is 29.9 Å². The quantitative estimate of drug-likeness (QED) is 0.537. The minimum absolute atomic E-state index is 0.00513. The van der Waals surface area contributed by atoms with E-state index in [1.165, 1.54) is 0 Å². The van der Waals surface area contributed by atoms with Crippen molar-refractivity contribution in [3.05, 3.63) is 52.5 Å². The highest BCUT2D eigenvalue weighted by Crippen LogP contribution is 2.33. The second-order valence-corrected chi connectivity index (χ2v) is 8.16. The first kappa shape index (κ1) is 20.4. The zero-order valence-corrected chi connectivity index (χ0v) is 17.9. The molecule has 1 saturated heterocycles. The van der Waals surface area contributed by atoms with E-state index in [1.54, 1.807) is 17.0 Å². The molecule has 0 aliphatic carbocycles. The molecule has 1 aliphatic rings. The summed E-state index contributed by atoms with van der Waals surface area (Å²) in [6, 6.07) is 11.2. The predicted octanol–water partition coefficient (Wildman–Crippen LogP) is 3.65. The van der Waals surface area contributed by atoms with Gasteiger partial charge in [-0.3, -0.25) is 4.79 Å². The fourth-order valence-electron chi connectivity index (χ4n) is 3.43. The van der Waals surface area contributed by atoms with E-state index >= 15 is 0 Å². The van der Waals surface area contributed by atoms with E-state index in [2.05, 4.69) is 15.1 Å². The molecule has 0 unspecified atom stereocenters. The van der Waals surface area contributed by atoms with Crippen LogP contribution < -0.4 is 4.74 Å². The number of carbonyl (C=O) groups is 1. The Labute approximate surface area is 180 Å². The monoisotopic (exact) mass is 426 g/mol. The molecule has 1 fully saturated rings. The van der Waals surface area contributed by atoms with Crippen LogP contribution in [0, 0.1) is 6.92 Å². The first-order chi connectivity index (χ1) is 14.4. The summed E-state index contributed by atoms with van der Waals surface area (Å²) < 4.78 is 12.1. The van der Waals surface area contributed by atoms with Gasteiger partial charge in [0.1, 0.15) is 11.9 Å². The molecule has 1 aliphatic heterocycles. The third-order valence-electron chi connectivity index (χ3n) is 5.00. The van der Waals surface area contributed by atoms with Crippen molar-refractivity contribution in [1.29, 1.82) is 0 Å².